The van der Waals surface area contributed by atoms with Gasteiger partial charge in [0.05, 0.1) is 12.1 Å². The Morgan fingerprint density at radius 2 is 2.37 bits per heavy atom. The minimum Gasteiger partial charge on any atom is -0.493 e. The Kier molecular flexibility index (Phi) is 3.80. The van der Waals surface area contributed by atoms with E-state index in [0.717, 1.165) is 25.2 Å². The van der Waals surface area contributed by atoms with Gasteiger partial charge < -0.3 is 10.1 Å². The molecule has 2 unspecified atom stereocenters. The number of nitrogens with one attached hydrogen (secondary N) is 1. The van der Waals surface area contributed by atoms with Gasteiger partial charge in [-0.25, -0.2) is 0 Å². The van der Waals surface area contributed by atoms with E-state index in [1.807, 2.05) is 24.8 Å². The molecule has 1 aromatic carbocycles. The van der Waals surface area contributed by atoms with Crippen LogP contribution < -0.4 is 10.1 Å². The molecule has 19 heavy (non-hydrogen) atoms. The van der Waals surface area contributed by atoms with Crippen molar-refractivity contribution < 1.29 is 4.74 Å². The molecule has 1 aliphatic heterocycles. The first kappa shape index (κ1) is 12.6. The van der Waals surface area contributed by atoms with Gasteiger partial charge in [-0.15, -0.1) is 11.3 Å². The second-order valence-electron chi connectivity index (χ2n) is 4.85. The van der Waals surface area contributed by atoms with Crippen molar-refractivity contribution in [1.29, 1.82) is 0 Å². The highest BCUT2D eigenvalue weighted by Crippen LogP contribution is 2.36. The highest BCUT2D eigenvalue weighted by atomic mass is 32.1. The van der Waals surface area contributed by atoms with Crippen molar-refractivity contribution in [2.75, 3.05) is 13.7 Å². The molecule has 0 saturated carbocycles. The van der Waals surface area contributed by atoms with Gasteiger partial charge in [-0.2, -0.15) is 0 Å². The molecular formula is C15H18N2OS. The van der Waals surface area contributed by atoms with Crippen molar-refractivity contribution in [3.8, 4) is 5.75 Å². The van der Waals surface area contributed by atoms with Crippen LogP contribution in [0.2, 0.25) is 0 Å². The number of hydrogen-bond acceptors (Lipinski definition) is 4. The standard InChI is InChI=1S/C15H18N2OS/c1-16-14(8-11-9-17-10-19-11)12-6-7-18-15-5-3-2-4-13(12)15/h2-5,9-10,12,14,16H,6-8H2,1H3. The van der Waals surface area contributed by atoms with E-state index in [-0.39, 0.29) is 0 Å². The van der Waals surface area contributed by atoms with E-state index in [4.69, 9.17) is 4.74 Å². The molecule has 100 valence electrons. The van der Waals surface area contributed by atoms with Crippen LogP contribution in [-0.2, 0) is 6.42 Å². The fourth-order valence-corrected chi connectivity index (χ4v) is 3.45. The maximum Gasteiger partial charge on any atom is 0.122 e. The van der Waals surface area contributed by atoms with Gasteiger partial charge in [-0.05, 0) is 31.5 Å². The lowest BCUT2D eigenvalue weighted by molar-refractivity contribution is 0.247. The fourth-order valence-electron chi connectivity index (χ4n) is 2.79. The van der Waals surface area contributed by atoms with E-state index >= 15 is 0 Å². The minimum atomic E-state index is 0.436. The molecule has 2 heterocycles. The zero-order chi connectivity index (χ0) is 13.1. The number of para-hydroxylation sites is 1. The predicted molar refractivity (Wildman–Crippen MR) is 78.0 cm³/mol. The molecule has 1 aliphatic rings. The van der Waals surface area contributed by atoms with Crippen LogP contribution in [0.4, 0.5) is 0 Å². The lowest BCUT2D eigenvalue weighted by Gasteiger charge is -2.32. The third-order valence-corrected chi connectivity index (χ3v) is 4.57. The van der Waals surface area contributed by atoms with Gasteiger partial charge in [0.2, 0.25) is 0 Å². The summed E-state index contributed by atoms with van der Waals surface area (Å²) in [5.74, 6) is 1.56. The number of fused-ring (bicyclic) bond motifs is 1. The normalized spacial score (nSPS) is 19.5. The number of rotatable bonds is 4. The van der Waals surface area contributed by atoms with Gasteiger partial charge in [-0.1, -0.05) is 18.2 Å². The molecule has 0 radical (unpaired) electrons. The molecule has 3 nitrogen and oxygen atoms in total. The summed E-state index contributed by atoms with van der Waals surface area (Å²) in [4.78, 5) is 5.50. The van der Waals surface area contributed by atoms with Crippen LogP contribution in [0.1, 0.15) is 22.8 Å². The van der Waals surface area contributed by atoms with Crippen molar-refractivity contribution in [2.45, 2.75) is 24.8 Å². The summed E-state index contributed by atoms with van der Waals surface area (Å²) in [5.41, 5.74) is 3.23. The lowest BCUT2D eigenvalue weighted by atomic mass is 9.85. The number of thiazole rings is 1. The van der Waals surface area contributed by atoms with E-state index in [1.54, 1.807) is 11.3 Å². The highest BCUT2D eigenvalue weighted by Gasteiger charge is 2.28. The van der Waals surface area contributed by atoms with Gasteiger partial charge in [0.1, 0.15) is 5.75 Å². The summed E-state index contributed by atoms with van der Waals surface area (Å²) in [6, 6.07) is 8.83. The fraction of sp³-hybridized carbons (Fsp3) is 0.400. The summed E-state index contributed by atoms with van der Waals surface area (Å²) in [7, 11) is 2.05. The molecule has 0 aliphatic carbocycles. The van der Waals surface area contributed by atoms with E-state index < -0.39 is 0 Å². The Morgan fingerprint density at radius 1 is 1.47 bits per heavy atom. The summed E-state index contributed by atoms with van der Waals surface area (Å²) >= 11 is 1.73. The molecule has 0 amide bonds. The Morgan fingerprint density at radius 3 is 3.16 bits per heavy atom. The molecule has 2 atom stereocenters. The van der Waals surface area contributed by atoms with Crippen molar-refractivity contribution in [1.82, 2.24) is 10.3 Å². The Labute approximate surface area is 117 Å². The first-order valence-corrected chi connectivity index (χ1v) is 7.53. The van der Waals surface area contributed by atoms with E-state index in [1.165, 1.54) is 10.4 Å². The largest absolute Gasteiger partial charge is 0.493 e. The number of aromatic nitrogens is 1. The van der Waals surface area contributed by atoms with Gasteiger partial charge >= 0.3 is 0 Å². The second-order valence-corrected chi connectivity index (χ2v) is 5.82. The number of benzene rings is 1. The maximum atomic E-state index is 5.75. The molecular weight excluding hydrogens is 256 g/mol. The highest BCUT2D eigenvalue weighted by molar-refractivity contribution is 7.09. The van der Waals surface area contributed by atoms with Gasteiger partial charge in [-0.3, -0.25) is 4.98 Å². The molecule has 0 spiro atoms. The smallest absolute Gasteiger partial charge is 0.122 e. The van der Waals surface area contributed by atoms with Crippen molar-refractivity contribution in [2.24, 2.45) is 0 Å². The van der Waals surface area contributed by atoms with Crippen LogP contribution in [0.3, 0.4) is 0 Å². The Bertz CT molecular complexity index is 527. The predicted octanol–water partition coefficient (Wildman–Crippen LogP) is 2.84. The molecule has 1 N–H and O–H groups in total. The summed E-state index contributed by atoms with van der Waals surface area (Å²) in [6.07, 6.45) is 4.07. The SMILES string of the molecule is CNC(Cc1cncs1)C1CCOc2ccccc21. The number of nitrogens with zero attached hydrogens (tertiary/aromatic N) is 1. The lowest BCUT2D eigenvalue weighted by Crippen LogP contribution is -2.36. The summed E-state index contributed by atoms with van der Waals surface area (Å²) in [5, 5.41) is 3.47. The van der Waals surface area contributed by atoms with Crippen LogP contribution in [-0.4, -0.2) is 24.7 Å². The average Bonchev–Trinajstić information content (AvgIpc) is 2.97. The monoisotopic (exact) mass is 274 g/mol. The van der Waals surface area contributed by atoms with E-state index in [2.05, 4.69) is 28.5 Å². The van der Waals surface area contributed by atoms with Crippen LogP contribution in [0.25, 0.3) is 0 Å². The average molecular weight is 274 g/mol. The van der Waals surface area contributed by atoms with Crippen LogP contribution >= 0.6 is 11.3 Å². The topological polar surface area (TPSA) is 34.2 Å². The van der Waals surface area contributed by atoms with Gasteiger partial charge in [0.25, 0.3) is 0 Å². The zero-order valence-corrected chi connectivity index (χ0v) is 11.8. The molecule has 3 rings (SSSR count). The second kappa shape index (κ2) is 5.72. The van der Waals surface area contributed by atoms with Gasteiger partial charge in [0, 0.05) is 23.0 Å². The minimum absolute atomic E-state index is 0.436. The third kappa shape index (κ3) is 2.65. The Balaban J connectivity index is 1.84. The molecule has 0 fully saturated rings. The maximum absolute atomic E-state index is 5.75. The quantitative estimate of drug-likeness (QED) is 0.931. The zero-order valence-electron chi connectivity index (χ0n) is 11.0. The number of likely N-dealkylation sites (N-methyl/N-ethyl adjacent to an activating group) is 1. The third-order valence-electron chi connectivity index (χ3n) is 3.77. The van der Waals surface area contributed by atoms with Crippen molar-refractivity contribution in [3.63, 3.8) is 0 Å². The van der Waals surface area contributed by atoms with E-state index in [0.29, 0.717) is 12.0 Å². The van der Waals surface area contributed by atoms with E-state index in [9.17, 15) is 0 Å². The van der Waals surface area contributed by atoms with Crippen LogP contribution in [0, 0.1) is 0 Å². The first-order chi connectivity index (χ1) is 9.38. The summed E-state index contributed by atoms with van der Waals surface area (Å²) in [6.45, 7) is 0.808. The molecule has 0 saturated heterocycles. The van der Waals surface area contributed by atoms with Crippen LogP contribution in [0.15, 0.2) is 36.0 Å². The van der Waals surface area contributed by atoms with Crippen molar-refractivity contribution >= 4 is 11.3 Å². The first-order valence-electron chi connectivity index (χ1n) is 6.65. The number of ether oxygens (including phenoxy) is 1. The molecule has 2 aromatic rings. The molecule has 1 aromatic heterocycles. The molecule has 0 bridgehead atoms. The summed E-state index contributed by atoms with van der Waals surface area (Å²) < 4.78 is 5.75. The van der Waals surface area contributed by atoms with Gasteiger partial charge in [0.15, 0.2) is 0 Å². The number of hydrogen-bond donors (Lipinski definition) is 1. The molecule has 4 heteroatoms. The van der Waals surface area contributed by atoms with Crippen molar-refractivity contribution in [3.05, 3.63) is 46.4 Å². The van der Waals surface area contributed by atoms with Crippen LogP contribution in [0.5, 0.6) is 5.75 Å². The Hall–Kier alpha value is -1.39.